The standard InChI is InChI=1S/C17H14FNO/c18-15-7-4-8-16-14(15)9-11-19(16)12-10-17(20)13-5-2-1-3-6-13/h1-9,11H,10,12H2. The summed E-state index contributed by atoms with van der Waals surface area (Å²) in [5.74, 6) is -0.125. The van der Waals surface area contributed by atoms with Crippen LogP contribution < -0.4 is 0 Å². The quantitative estimate of drug-likeness (QED) is 0.653. The molecule has 100 valence electrons. The fourth-order valence-electron chi connectivity index (χ4n) is 2.37. The molecule has 0 saturated heterocycles. The van der Waals surface area contributed by atoms with Crippen molar-refractivity contribution < 1.29 is 9.18 Å². The molecule has 0 spiro atoms. The highest BCUT2D eigenvalue weighted by molar-refractivity contribution is 5.96. The third-order valence-corrected chi connectivity index (χ3v) is 3.44. The van der Waals surface area contributed by atoms with Gasteiger partial charge < -0.3 is 4.57 Å². The SMILES string of the molecule is O=C(CCn1ccc2c(F)cccc21)c1ccccc1. The molecule has 2 nitrogen and oxygen atoms in total. The van der Waals surface area contributed by atoms with E-state index >= 15 is 0 Å². The summed E-state index contributed by atoms with van der Waals surface area (Å²) < 4.78 is 15.5. The van der Waals surface area contributed by atoms with E-state index in [0.29, 0.717) is 18.4 Å². The maximum absolute atomic E-state index is 13.6. The Kier molecular flexibility index (Phi) is 3.33. The zero-order valence-corrected chi connectivity index (χ0v) is 10.9. The summed E-state index contributed by atoms with van der Waals surface area (Å²) in [6, 6.07) is 16.0. The number of hydrogen-bond acceptors (Lipinski definition) is 1. The molecule has 3 rings (SSSR count). The van der Waals surface area contributed by atoms with Crippen molar-refractivity contribution in [3.05, 3.63) is 72.2 Å². The van der Waals surface area contributed by atoms with Gasteiger partial charge in [0.15, 0.2) is 5.78 Å². The molecular weight excluding hydrogens is 253 g/mol. The largest absolute Gasteiger partial charge is 0.347 e. The monoisotopic (exact) mass is 267 g/mol. The summed E-state index contributed by atoms with van der Waals surface area (Å²) in [4.78, 5) is 12.1. The molecule has 0 bridgehead atoms. The Bertz CT molecular complexity index is 746. The van der Waals surface area contributed by atoms with Crippen LogP contribution >= 0.6 is 0 Å². The summed E-state index contributed by atoms with van der Waals surface area (Å²) in [5, 5.41) is 0.597. The minimum atomic E-state index is -0.226. The van der Waals surface area contributed by atoms with Crippen LogP contribution in [0.2, 0.25) is 0 Å². The van der Waals surface area contributed by atoms with Crippen LogP contribution in [0.5, 0.6) is 0 Å². The summed E-state index contributed by atoms with van der Waals surface area (Å²) in [7, 11) is 0. The Morgan fingerprint density at radius 1 is 1.00 bits per heavy atom. The van der Waals surface area contributed by atoms with Gasteiger partial charge >= 0.3 is 0 Å². The zero-order chi connectivity index (χ0) is 13.9. The number of rotatable bonds is 4. The van der Waals surface area contributed by atoms with Crippen LogP contribution in [-0.2, 0) is 6.54 Å². The van der Waals surface area contributed by atoms with Crippen molar-refractivity contribution in [2.24, 2.45) is 0 Å². The molecule has 0 aliphatic carbocycles. The van der Waals surface area contributed by atoms with Gasteiger partial charge in [0.1, 0.15) is 5.82 Å². The van der Waals surface area contributed by atoms with Gasteiger partial charge in [-0.1, -0.05) is 36.4 Å². The summed E-state index contributed by atoms with van der Waals surface area (Å²) >= 11 is 0. The number of halogens is 1. The maximum atomic E-state index is 13.6. The highest BCUT2D eigenvalue weighted by atomic mass is 19.1. The number of carbonyl (C=O) groups excluding carboxylic acids is 1. The molecule has 3 heteroatoms. The molecule has 0 radical (unpaired) electrons. The van der Waals surface area contributed by atoms with E-state index < -0.39 is 0 Å². The number of hydrogen-bond donors (Lipinski definition) is 0. The highest BCUT2D eigenvalue weighted by Gasteiger charge is 2.08. The van der Waals surface area contributed by atoms with Crippen LogP contribution in [-0.4, -0.2) is 10.4 Å². The first-order chi connectivity index (χ1) is 9.75. The van der Waals surface area contributed by atoms with E-state index in [4.69, 9.17) is 0 Å². The average molecular weight is 267 g/mol. The molecule has 1 aromatic heterocycles. The molecular formula is C17H14FNO. The van der Waals surface area contributed by atoms with Crippen LogP contribution in [0.3, 0.4) is 0 Å². The molecule has 0 aliphatic rings. The lowest BCUT2D eigenvalue weighted by Crippen LogP contribution is -2.05. The Morgan fingerprint density at radius 3 is 2.60 bits per heavy atom. The van der Waals surface area contributed by atoms with Gasteiger partial charge in [-0.25, -0.2) is 4.39 Å². The first kappa shape index (κ1) is 12.6. The van der Waals surface area contributed by atoms with Crippen molar-refractivity contribution in [1.29, 1.82) is 0 Å². The van der Waals surface area contributed by atoms with Crippen molar-refractivity contribution in [1.82, 2.24) is 4.57 Å². The second-order valence-corrected chi connectivity index (χ2v) is 4.72. The van der Waals surface area contributed by atoms with Crippen LogP contribution in [0.4, 0.5) is 4.39 Å². The number of ketones is 1. The number of aromatic nitrogens is 1. The van der Waals surface area contributed by atoms with E-state index in [2.05, 4.69) is 0 Å². The molecule has 0 N–H and O–H groups in total. The molecule has 3 aromatic rings. The lowest BCUT2D eigenvalue weighted by atomic mass is 10.1. The van der Waals surface area contributed by atoms with Crippen molar-refractivity contribution in [2.75, 3.05) is 0 Å². The molecule has 0 amide bonds. The second-order valence-electron chi connectivity index (χ2n) is 4.72. The first-order valence-corrected chi connectivity index (χ1v) is 6.57. The van der Waals surface area contributed by atoms with Gasteiger partial charge in [0.2, 0.25) is 0 Å². The smallest absolute Gasteiger partial charge is 0.164 e. The summed E-state index contributed by atoms with van der Waals surface area (Å²) in [6.07, 6.45) is 2.23. The predicted octanol–water partition coefficient (Wildman–Crippen LogP) is 4.05. The second kappa shape index (κ2) is 5.29. The number of fused-ring (bicyclic) bond motifs is 1. The lowest BCUT2D eigenvalue weighted by Gasteiger charge is -2.05. The minimum Gasteiger partial charge on any atom is -0.347 e. The van der Waals surface area contributed by atoms with E-state index in [1.807, 2.05) is 47.2 Å². The van der Waals surface area contributed by atoms with E-state index in [1.54, 1.807) is 12.1 Å². The number of carbonyl (C=O) groups is 1. The van der Waals surface area contributed by atoms with Gasteiger partial charge in [0, 0.05) is 30.1 Å². The number of benzene rings is 2. The van der Waals surface area contributed by atoms with E-state index in [1.165, 1.54) is 6.07 Å². The van der Waals surface area contributed by atoms with E-state index in [-0.39, 0.29) is 11.6 Å². The van der Waals surface area contributed by atoms with Crippen LogP contribution in [0.1, 0.15) is 16.8 Å². The molecule has 0 unspecified atom stereocenters. The zero-order valence-electron chi connectivity index (χ0n) is 10.9. The van der Waals surface area contributed by atoms with Crippen molar-refractivity contribution >= 4 is 16.7 Å². The molecule has 20 heavy (non-hydrogen) atoms. The maximum Gasteiger partial charge on any atom is 0.164 e. The van der Waals surface area contributed by atoms with Crippen molar-refractivity contribution in [2.45, 2.75) is 13.0 Å². The average Bonchev–Trinajstić information content (AvgIpc) is 2.90. The molecule has 2 aromatic carbocycles. The Labute approximate surface area is 116 Å². The number of aryl methyl sites for hydroxylation is 1. The van der Waals surface area contributed by atoms with E-state index in [0.717, 1.165) is 11.1 Å². The molecule has 0 fully saturated rings. The summed E-state index contributed by atoms with van der Waals surface area (Å²) in [5.41, 5.74) is 1.54. The van der Waals surface area contributed by atoms with Crippen LogP contribution in [0, 0.1) is 5.82 Å². The van der Waals surface area contributed by atoms with Gasteiger partial charge in [0.25, 0.3) is 0 Å². The van der Waals surface area contributed by atoms with Crippen molar-refractivity contribution in [3.63, 3.8) is 0 Å². The van der Waals surface area contributed by atoms with Gasteiger partial charge in [0.05, 0.1) is 5.52 Å². The van der Waals surface area contributed by atoms with Gasteiger partial charge in [-0.15, -0.1) is 0 Å². The predicted molar refractivity (Wildman–Crippen MR) is 77.3 cm³/mol. The highest BCUT2D eigenvalue weighted by Crippen LogP contribution is 2.19. The minimum absolute atomic E-state index is 0.101. The molecule has 0 aliphatic heterocycles. The molecule has 1 heterocycles. The fraction of sp³-hybridized carbons (Fsp3) is 0.118. The van der Waals surface area contributed by atoms with Crippen LogP contribution in [0.25, 0.3) is 10.9 Å². The van der Waals surface area contributed by atoms with Gasteiger partial charge in [-0.2, -0.15) is 0 Å². The lowest BCUT2D eigenvalue weighted by molar-refractivity contribution is 0.0977. The normalized spacial score (nSPS) is 10.8. The van der Waals surface area contributed by atoms with Gasteiger partial charge in [-0.3, -0.25) is 4.79 Å². The number of Topliss-reactive ketones (excluding diaryl/α,β-unsaturated/α-hetero) is 1. The Morgan fingerprint density at radius 2 is 1.80 bits per heavy atom. The Balaban J connectivity index is 1.78. The summed E-state index contributed by atoms with van der Waals surface area (Å²) in [6.45, 7) is 0.556. The molecule has 0 atom stereocenters. The fourth-order valence-corrected chi connectivity index (χ4v) is 2.37. The van der Waals surface area contributed by atoms with Gasteiger partial charge in [-0.05, 0) is 18.2 Å². The topological polar surface area (TPSA) is 22.0 Å². The third-order valence-electron chi connectivity index (χ3n) is 3.44. The number of nitrogens with zero attached hydrogens (tertiary/aromatic N) is 1. The molecule has 0 saturated carbocycles. The first-order valence-electron chi connectivity index (χ1n) is 6.57. The van der Waals surface area contributed by atoms with Crippen LogP contribution in [0.15, 0.2) is 60.8 Å². The Hall–Kier alpha value is -2.42. The van der Waals surface area contributed by atoms with Crippen molar-refractivity contribution in [3.8, 4) is 0 Å². The third kappa shape index (κ3) is 2.35. The van der Waals surface area contributed by atoms with E-state index in [9.17, 15) is 9.18 Å².